The lowest BCUT2D eigenvalue weighted by molar-refractivity contribution is -0.0328. The molecule has 1 aliphatic heterocycles. The smallest absolute Gasteiger partial charge is 0.322 e. The fraction of sp³-hybridized carbons (Fsp3) is 0.240. The molecule has 1 N–H and O–H groups in total. The van der Waals surface area contributed by atoms with Crippen LogP contribution in [0.5, 0.6) is 0 Å². The van der Waals surface area contributed by atoms with Crippen LogP contribution in [0.25, 0.3) is 0 Å². The van der Waals surface area contributed by atoms with Gasteiger partial charge in [-0.05, 0) is 71.4 Å². The van der Waals surface area contributed by atoms with E-state index in [9.17, 15) is 26.7 Å². The van der Waals surface area contributed by atoms with Crippen molar-refractivity contribution in [2.45, 2.75) is 16.4 Å². The van der Waals surface area contributed by atoms with Gasteiger partial charge >= 0.3 is 11.5 Å². The summed E-state index contributed by atoms with van der Waals surface area (Å²) >= 11 is -0.213. The Bertz CT molecular complexity index is 1080. The number of carbonyl (C=O) groups is 1. The van der Waals surface area contributed by atoms with Gasteiger partial charge in [-0.2, -0.15) is 13.2 Å². The molecule has 1 aliphatic rings. The molecule has 35 heavy (non-hydrogen) atoms. The molecule has 10 heteroatoms. The fourth-order valence-electron chi connectivity index (χ4n) is 4.03. The number of nitrogens with zero attached hydrogens (tertiary/aromatic N) is 2. The number of anilines is 1. The number of hydrogen-bond acceptors (Lipinski definition) is 3. The van der Waals surface area contributed by atoms with Crippen molar-refractivity contribution in [2.24, 2.45) is 0 Å². The molecule has 0 aromatic heterocycles. The van der Waals surface area contributed by atoms with E-state index in [4.69, 9.17) is 0 Å². The van der Waals surface area contributed by atoms with Crippen LogP contribution in [-0.4, -0.2) is 47.5 Å². The van der Waals surface area contributed by atoms with Gasteiger partial charge in [-0.3, -0.25) is 4.90 Å². The van der Waals surface area contributed by atoms with Crippen molar-refractivity contribution in [3.8, 4) is 0 Å². The summed E-state index contributed by atoms with van der Waals surface area (Å²) in [5, 5.41) is 2.72. The first-order valence-corrected chi connectivity index (χ1v) is 11.7. The molecular formula is C25H22F5N3OS. The summed E-state index contributed by atoms with van der Waals surface area (Å²) < 4.78 is 64.4. The van der Waals surface area contributed by atoms with Crippen LogP contribution in [0.4, 0.5) is 32.4 Å². The van der Waals surface area contributed by atoms with Gasteiger partial charge in [0.1, 0.15) is 11.6 Å². The van der Waals surface area contributed by atoms with E-state index < -0.39 is 5.51 Å². The Balaban J connectivity index is 1.40. The fourth-order valence-corrected chi connectivity index (χ4v) is 4.57. The van der Waals surface area contributed by atoms with Crippen LogP contribution in [0.15, 0.2) is 77.7 Å². The third kappa shape index (κ3) is 6.73. The third-order valence-electron chi connectivity index (χ3n) is 5.68. The summed E-state index contributed by atoms with van der Waals surface area (Å²) in [6.45, 7) is 1.86. The first-order chi connectivity index (χ1) is 16.7. The minimum Gasteiger partial charge on any atom is -0.322 e. The molecule has 1 saturated heterocycles. The van der Waals surface area contributed by atoms with E-state index in [0.29, 0.717) is 31.9 Å². The molecule has 4 rings (SSSR count). The number of thioether (sulfide) groups is 1. The maximum absolute atomic E-state index is 13.5. The monoisotopic (exact) mass is 507 g/mol. The number of rotatable bonds is 5. The summed E-state index contributed by atoms with van der Waals surface area (Å²) in [4.78, 5) is 16.5. The first-order valence-electron chi connectivity index (χ1n) is 10.8. The Hall–Kier alpha value is -3.11. The SMILES string of the molecule is O=C(Nc1ccc(SC(F)(F)F)cc1)N1CCN(C(c2ccc(F)cc2)c2ccc(F)cc2)CC1. The Kier molecular flexibility index (Phi) is 7.61. The summed E-state index contributed by atoms with van der Waals surface area (Å²) in [6.07, 6.45) is 0. The zero-order valence-electron chi connectivity index (χ0n) is 18.4. The molecule has 0 aliphatic carbocycles. The number of alkyl halides is 3. The molecule has 184 valence electrons. The van der Waals surface area contributed by atoms with Gasteiger partial charge in [0.05, 0.1) is 6.04 Å². The normalized spacial score (nSPS) is 14.9. The van der Waals surface area contributed by atoms with Gasteiger partial charge < -0.3 is 10.2 Å². The van der Waals surface area contributed by atoms with Gasteiger partial charge in [-0.1, -0.05) is 24.3 Å². The number of piperazine rings is 1. The van der Waals surface area contributed by atoms with Crippen molar-refractivity contribution in [1.29, 1.82) is 0 Å². The second kappa shape index (κ2) is 10.7. The van der Waals surface area contributed by atoms with E-state index in [1.54, 1.807) is 29.2 Å². The highest BCUT2D eigenvalue weighted by atomic mass is 32.2. The maximum atomic E-state index is 13.5. The van der Waals surface area contributed by atoms with Crippen LogP contribution in [0.3, 0.4) is 0 Å². The lowest BCUT2D eigenvalue weighted by atomic mass is 9.96. The van der Waals surface area contributed by atoms with Gasteiger partial charge in [0, 0.05) is 36.8 Å². The van der Waals surface area contributed by atoms with Crippen molar-refractivity contribution in [1.82, 2.24) is 9.80 Å². The highest BCUT2D eigenvalue weighted by Gasteiger charge is 2.30. The zero-order chi connectivity index (χ0) is 25.0. The van der Waals surface area contributed by atoms with Gasteiger partial charge in [-0.25, -0.2) is 13.6 Å². The molecule has 3 aromatic rings. The lowest BCUT2D eigenvalue weighted by Crippen LogP contribution is -2.51. The molecule has 0 bridgehead atoms. The zero-order valence-corrected chi connectivity index (χ0v) is 19.3. The van der Waals surface area contributed by atoms with E-state index in [2.05, 4.69) is 10.2 Å². The molecule has 0 spiro atoms. The Morgan fingerprint density at radius 1 is 0.771 bits per heavy atom. The molecular weight excluding hydrogens is 485 g/mol. The Morgan fingerprint density at radius 3 is 1.71 bits per heavy atom. The predicted molar refractivity (Wildman–Crippen MR) is 125 cm³/mol. The van der Waals surface area contributed by atoms with Crippen LogP contribution in [-0.2, 0) is 0 Å². The van der Waals surface area contributed by atoms with E-state index in [1.165, 1.54) is 48.5 Å². The highest BCUT2D eigenvalue weighted by molar-refractivity contribution is 8.00. The number of carbonyl (C=O) groups excluding carboxylic acids is 1. The molecule has 1 fully saturated rings. The molecule has 0 radical (unpaired) electrons. The van der Waals surface area contributed by atoms with Crippen molar-refractivity contribution in [3.05, 3.63) is 95.6 Å². The second-order valence-electron chi connectivity index (χ2n) is 8.03. The number of nitrogens with one attached hydrogen (secondary N) is 1. The third-order valence-corrected chi connectivity index (χ3v) is 6.42. The highest BCUT2D eigenvalue weighted by Crippen LogP contribution is 2.37. The summed E-state index contributed by atoms with van der Waals surface area (Å²) in [6, 6.07) is 17.2. The van der Waals surface area contributed by atoms with Gasteiger partial charge in [-0.15, -0.1) is 0 Å². The molecule has 1 heterocycles. The minimum atomic E-state index is -4.37. The molecule has 3 aromatic carbocycles. The van der Waals surface area contributed by atoms with Crippen LogP contribution < -0.4 is 5.32 Å². The van der Waals surface area contributed by atoms with E-state index >= 15 is 0 Å². The van der Waals surface area contributed by atoms with Crippen LogP contribution in [0.2, 0.25) is 0 Å². The topological polar surface area (TPSA) is 35.6 Å². The van der Waals surface area contributed by atoms with Crippen molar-refractivity contribution >= 4 is 23.5 Å². The summed E-state index contributed by atoms with van der Waals surface area (Å²) in [5.41, 5.74) is -2.26. The van der Waals surface area contributed by atoms with Crippen molar-refractivity contribution in [2.75, 3.05) is 31.5 Å². The summed E-state index contributed by atoms with van der Waals surface area (Å²) in [7, 11) is 0. The second-order valence-corrected chi connectivity index (χ2v) is 9.17. The largest absolute Gasteiger partial charge is 0.446 e. The van der Waals surface area contributed by atoms with Crippen molar-refractivity contribution in [3.63, 3.8) is 0 Å². The van der Waals surface area contributed by atoms with Gasteiger partial charge in [0.2, 0.25) is 0 Å². The average Bonchev–Trinajstić information content (AvgIpc) is 2.82. The number of benzene rings is 3. The molecule has 0 atom stereocenters. The first kappa shape index (κ1) is 25.0. The number of urea groups is 1. The minimum absolute atomic E-state index is 0.0386. The maximum Gasteiger partial charge on any atom is 0.446 e. The predicted octanol–water partition coefficient (Wildman–Crippen LogP) is 6.52. The average molecular weight is 508 g/mol. The summed E-state index contributed by atoms with van der Waals surface area (Å²) in [5.74, 6) is -0.698. The van der Waals surface area contributed by atoms with Crippen LogP contribution in [0.1, 0.15) is 17.2 Å². The van der Waals surface area contributed by atoms with Crippen molar-refractivity contribution < 1.29 is 26.7 Å². The Labute approximate surface area is 203 Å². The number of hydrogen-bond donors (Lipinski definition) is 1. The van der Waals surface area contributed by atoms with Gasteiger partial charge in [0.15, 0.2) is 0 Å². The molecule has 0 saturated carbocycles. The standard InChI is InChI=1S/C25H22F5N3OS/c26-19-5-1-17(2-6-19)23(18-3-7-20(27)8-4-18)32-13-15-33(16-14-32)24(34)31-21-9-11-22(12-10-21)35-25(28,29)30/h1-12,23H,13-16H2,(H,31,34). The Morgan fingerprint density at radius 2 is 1.26 bits per heavy atom. The molecule has 4 nitrogen and oxygen atoms in total. The number of amides is 2. The van der Waals surface area contributed by atoms with Crippen LogP contribution in [0, 0.1) is 11.6 Å². The van der Waals surface area contributed by atoms with E-state index in [0.717, 1.165) is 11.1 Å². The quantitative estimate of drug-likeness (QED) is 0.316. The lowest BCUT2D eigenvalue weighted by Gasteiger charge is -2.39. The molecule has 0 unspecified atom stereocenters. The molecule has 2 amide bonds. The van der Waals surface area contributed by atoms with E-state index in [1.807, 2.05) is 0 Å². The number of halogens is 5. The van der Waals surface area contributed by atoms with E-state index in [-0.39, 0.29) is 40.4 Å². The van der Waals surface area contributed by atoms with Crippen LogP contribution >= 0.6 is 11.8 Å². The van der Waals surface area contributed by atoms with Gasteiger partial charge in [0.25, 0.3) is 0 Å².